The zero-order valence-corrected chi connectivity index (χ0v) is 15.1. The quantitative estimate of drug-likeness (QED) is 0.525. The van der Waals surface area contributed by atoms with Crippen LogP contribution in [0.25, 0.3) is 0 Å². The van der Waals surface area contributed by atoms with Gasteiger partial charge in [-0.15, -0.1) is 0 Å². The summed E-state index contributed by atoms with van der Waals surface area (Å²) in [6.07, 6.45) is -2.09. The lowest BCUT2D eigenvalue weighted by Crippen LogP contribution is -2.29. The second-order valence-electron chi connectivity index (χ2n) is 7.09. The Labute approximate surface area is 162 Å². The molecule has 4 atom stereocenters. The first-order chi connectivity index (χ1) is 13.5. The molecule has 5 nitrogen and oxygen atoms in total. The van der Waals surface area contributed by atoms with E-state index in [0.717, 1.165) is 11.1 Å². The molecule has 0 spiro atoms. The number of benzene rings is 3. The van der Waals surface area contributed by atoms with Crippen LogP contribution >= 0.6 is 0 Å². The molecule has 4 rings (SSSR count). The van der Waals surface area contributed by atoms with Crippen LogP contribution in [0.4, 0.5) is 21.5 Å². The van der Waals surface area contributed by atoms with Gasteiger partial charge in [0.25, 0.3) is 0 Å². The zero-order valence-electron chi connectivity index (χ0n) is 15.1. The summed E-state index contributed by atoms with van der Waals surface area (Å²) < 4.78 is 13.5. The first kappa shape index (κ1) is 18.3. The van der Waals surface area contributed by atoms with E-state index in [1.165, 1.54) is 12.1 Å². The van der Waals surface area contributed by atoms with Crippen molar-refractivity contribution in [2.24, 2.45) is 0 Å². The van der Waals surface area contributed by atoms with E-state index in [1.807, 2.05) is 29.2 Å². The molecule has 6 N–H and O–H groups in total. The molecule has 0 radical (unpaired) electrons. The molecule has 1 aliphatic heterocycles. The van der Waals surface area contributed by atoms with Gasteiger partial charge in [0.1, 0.15) is 18.0 Å². The number of nitrogen functional groups attached to an aromatic ring is 2. The minimum absolute atomic E-state index is 0.350. The lowest BCUT2D eigenvalue weighted by molar-refractivity contribution is 0.0276. The monoisotopic (exact) mass is 379 g/mol. The van der Waals surface area contributed by atoms with E-state index < -0.39 is 24.3 Å². The summed E-state index contributed by atoms with van der Waals surface area (Å²) in [6.45, 7) is 0. The van der Waals surface area contributed by atoms with Gasteiger partial charge in [-0.25, -0.2) is 4.39 Å². The lowest BCUT2D eigenvalue weighted by atomic mass is 9.98. The molecule has 0 amide bonds. The van der Waals surface area contributed by atoms with Crippen molar-refractivity contribution in [1.82, 2.24) is 0 Å². The molecule has 0 aromatic heterocycles. The Hall–Kier alpha value is -3.09. The number of nitrogens with zero attached hydrogens (tertiary/aromatic N) is 1. The standard InChI is InChI=1S/C22H22FN3O2/c23-15-5-11-18(12-6-15)26-19(13-1-7-16(24)8-2-13)21(27)22(28)20(26)14-3-9-17(25)10-4-14/h1-12,19-22,27-28H,24-25H2/t19-,20-,21+,22+/m0/s1. The number of hydrogen-bond acceptors (Lipinski definition) is 5. The predicted octanol–water partition coefficient (Wildman–Crippen LogP) is 3.01. The van der Waals surface area contributed by atoms with Crippen LogP contribution in [-0.2, 0) is 0 Å². The van der Waals surface area contributed by atoms with Crippen LogP contribution in [0.1, 0.15) is 23.2 Å². The number of halogens is 1. The number of aliphatic hydroxyl groups is 2. The first-order valence-electron chi connectivity index (χ1n) is 9.06. The second kappa shape index (κ2) is 7.14. The number of aliphatic hydroxyl groups excluding tert-OH is 2. The van der Waals surface area contributed by atoms with Crippen molar-refractivity contribution in [1.29, 1.82) is 0 Å². The Kier molecular flexibility index (Phi) is 4.66. The summed E-state index contributed by atoms with van der Waals surface area (Å²) in [5, 5.41) is 21.9. The molecule has 1 aliphatic rings. The number of nitrogens with two attached hydrogens (primary N) is 2. The van der Waals surface area contributed by atoms with E-state index in [1.54, 1.807) is 36.4 Å². The molecule has 0 aliphatic carbocycles. The molecule has 3 aromatic carbocycles. The smallest absolute Gasteiger partial charge is 0.123 e. The van der Waals surface area contributed by atoms with Crippen LogP contribution in [0, 0.1) is 5.82 Å². The Morgan fingerprint density at radius 3 is 1.43 bits per heavy atom. The summed E-state index contributed by atoms with van der Waals surface area (Å²) in [5.41, 5.74) is 15.1. The number of anilines is 3. The van der Waals surface area contributed by atoms with E-state index in [9.17, 15) is 14.6 Å². The molecule has 0 saturated carbocycles. The van der Waals surface area contributed by atoms with Crippen LogP contribution < -0.4 is 16.4 Å². The average Bonchev–Trinajstić information content (AvgIpc) is 2.95. The van der Waals surface area contributed by atoms with Crippen LogP contribution in [0.2, 0.25) is 0 Å². The maximum absolute atomic E-state index is 13.5. The first-order valence-corrected chi connectivity index (χ1v) is 9.06. The maximum Gasteiger partial charge on any atom is 0.123 e. The van der Waals surface area contributed by atoms with Gasteiger partial charge in [-0.3, -0.25) is 0 Å². The molecule has 144 valence electrons. The third kappa shape index (κ3) is 3.17. The summed E-state index contributed by atoms with van der Waals surface area (Å²) in [6, 6.07) is 19.3. The van der Waals surface area contributed by atoms with E-state index in [4.69, 9.17) is 11.5 Å². The molecule has 6 heteroatoms. The summed E-state index contributed by atoms with van der Waals surface area (Å²) in [5.74, 6) is -0.350. The highest BCUT2D eigenvalue weighted by Gasteiger charge is 2.48. The molecule has 1 heterocycles. The van der Waals surface area contributed by atoms with Crippen LogP contribution in [0.15, 0.2) is 72.8 Å². The largest absolute Gasteiger partial charge is 0.399 e. The molecule has 1 saturated heterocycles. The highest BCUT2D eigenvalue weighted by atomic mass is 19.1. The predicted molar refractivity (Wildman–Crippen MR) is 108 cm³/mol. The van der Waals surface area contributed by atoms with Crippen LogP contribution in [0.3, 0.4) is 0 Å². The van der Waals surface area contributed by atoms with Gasteiger partial charge in [0.2, 0.25) is 0 Å². The van der Waals surface area contributed by atoms with Crippen molar-refractivity contribution in [2.75, 3.05) is 16.4 Å². The van der Waals surface area contributed by atoms with Crippen molar-refractivity contribution < 1.29 is 14.6 Å². The molecule has 1 fully saturated rings. The Morgan fingerprint density at radius 1 is 0.643 bits per heavy atom. The van der Waals surface area contributed by atoms with E-state index in [0.29, 0.717) is 17.1 Å². The molecule has 28 heavy (non-hydrogen) atoms. The van der Waals surface area contributed by atoms with Gasteiger partial charge in [-0.05, 0) is 59.7 Å². The molecule has 3 aromatic rings. The summed E-state index contributed by atoms with van der Waals surface area (Å²) in [4.78, 5) is 1.92. The summed E-state index contributed by atoms with van der Waals surface area (Å²) >= 11 is 0. The van der Waals surface area contributed by atoms with Crippen LogP contribution in [-0.4, -0.2) is 22.4 Å². The third-order valence-electron chi connectivity index (χ3n) is 5.28. The van der Waals surface area contributed by atoms with Gasteiger partial charge in [-0.2, -0.15) is 0 Å². The topological polar surface area (TPSA) is 95.7 Å². The SMILES string of the molecule is Nc1ccc([C@H]2[C@@H](O)[C@H](O)[C@H](c3ccc(N)cc3)N2c2ccc(F)cc2)cc1. The maximum atomic E-state index is 13.5. The molecule has 0 bridgehead atoms. The van der Waals surface area contributed by atoms with Crippen molar-refractivity contribution >= 4 is 17.1 Å². The normalized spacial score (nSPS) is 24.5. The lowest BCUT2D eigenvalue weighted by Gasteiger charge is -2.33. The van der Waals surface area contributed by atoms with Gasteiger partial charge >= 0.3 is 0 Å². The van der Waals surface area contributed by atoms with Gasteiger partial charge in [0.15, 0.2) is 0 Å². The third-order valence-corrected chi connectivity index (χ3v) is 5.28. The highest BCUT2D eigenvalue weighted by molar-refractivity contribution is 5.56. The Bertz CT molecular complexity index is 888. The van der Waals surface area contributed by atoms with E-state index in [2.05, 4.69) is 0 Å². The van der Waals surface area contributed by atoms with Gasteiger partial charge < -0.3 is 26.6 Å². The number of rotatable bonds is 3. The fourth-order valence-corrected chi connectivity index (χ4v) is 3.91. The van der Waals surface area contributed by atoms with Gasteiger partial charge in [0, 0.05) is 17.1 Å². The Morgan fingerprint density at radius 2 is 1.04 bits per heavy atom. The second-order valence-corrected chi connectivity index (χ2v) is 7.09. The highest BCUT2D eigenvalue weighted by Crippen LogP contribution is 2.47. The molecule has 0 unspecified atom stereocenters. The molecular weight excluding hydrogens is 357 g/mol. The zero-order chi connectivity index (χ0) is 19.8. The van der Waals surface area contributed by atoms with Gasteiger partial charge in [0.05, 0.1) is 12.1 Å². The van der Waals surface area contributed by atoms with Crippen molar-refractivity contribution in [2.45, 2.75) is 24.3 Å². The number of hydrogen-bond donors (Lipinski definition) is 4. The van der Waals surface area contributed by atoms with Crippen molar-refractivity contribution in [3.8, 4) is 0 Å². The minimum atomic E-state index is -1.05. The minimum Gasteiger partial charge on any atom is -0.399 e. The summed E-state index contributed by atoms with van der Waals surface area (Å²) in [7, 11) is 0. The molecular formula is C22H22FN3O2. The van der Waals surface area contributed by atoms with E-state index >= 15 is 0 Å². The average molecular weight is 379 g/mol. The fourth-order valence-electron chi connectivity index (χ4n) is 3.91. The van der Waals surface area contributed by atoms with Gasteiger partial charge in [-0.1, -0.05) is 24.3 Å². The van der Waals surface area contributed by atoms with E-state index in [-0.39, 0.29) is 5.82 Å². The Balaban J connectivity index is 1.85. The van der Waals surface area contributed by atoms with Crippen molar-refractivity contribution in [3.05, 3.63) is 89.7 Å². The van der Waals surface area contributed by atoms with Crippen molar-refractivity contribution in [3.63, 3.8) is 0 Å². The fraction of sp³-hybridized carbons (Fsp3) is 0.182. The van der Waals surface area contributed by atoms with Crippen LogP contribution in [0.5, 0.6) is 0 Å².